The largest absolute Gasteiger partial charge is 0.389 e. The maximum absolute atomic E-state index is 11.0. The molecule has 4 atom stereocenters. The van der Waals surface area contributed by atoms with Crippen LogP contribution in [0.2, 0.25) is 0 Å². The van der Waals surface area contributed by atoms with Gasteiger partial charge in [0.15, 0.2) is 0 Å². The number of aromatic nitrogens is 2. The van der Waals surface area contributed by atoms with E-state index in [4.69, 9.17) is 0 Å². The molecule has 0 bridgehead atoms. The van der Waals surface area contributed by atoms with Crippen molar-refractivity contribution in [3.05, 3.63) is 12.4 Å². The van der Waals surface area contributed by atoms with Gasteiger partial charge in [-0.05, 0) is 38.5 Å². The minimum Gasteiger partial charge on any atom is -0.389 e. The molecule has 2 saturated carbocycles. The molecule has 0 aromatic carbocycles. The van der Waals surface area contributed by atoms with E-state index in [1.807, 2.05) is 0 Å². The summed E-state index contributed by atoms with van der Waals surface area (Å²) in [5.41, 5.74) is -0.911. The molecule has 1 aromatic heterocycles. The molecule has 6 nitrogen and oxygen atoms in total. The van der Waals surface area contributed by atoms with E-state index in [1.54, 1.807) is 6.33 Å². The minimum absolute atomic E-state index is 0.362. The molecule has 2 saturated heterocycles. The van der Waals surface area contributed by atoms with Gasteiger partial charge >= 0.3 is 0 Å². The SMILES string of the molecule is OC12CCCCC1CN(c1cc(N3CCC4(O)CCCCC4C3)ncn1)CC2. The second-order valence-electron chi connectivity index (χ2n) is 9.72. The van der Waals surface area contributed by atoms with Gasteiger partial charge in [-0.2, -0.15) is 0 Å². The number of anilines is 2. The van der Waals surface area contributed by atoms with Crippen molar-refractivity contribution >= 4 is 11.6 Å². The molecule has 5 rings (SSSR count). The van der Waals surface area contributed by atoms with Crippen LogP contribution in [0, 0.1) is 11.8 Å². The molecule has 0 amide bonds. The maximum Gasteiger partial charge on any atom is 0.134 e. The van der Waals surface area contributed by atoms with Crippen LogP contribution < -0.4 is 9.80 Å². The molecule has 28 heavy (non-hydrogen) atoms. The standard InChI is InChI=1S/C22H34N4O2/c27-21-7-3-1-5-17(21)14-25(11-9-21)19-13-20(24-16-23-19)26-12-10-22(28)8-4-2-6-18(22)15-26/h13,16-18,27-28H,1-12,14-15H2. The van der Waals surface area contributed by atoms with Crippen molar-refractivity contribution in [2.24, 2.45) is 11.8 Å². The molecule has 2 N–H and O–H groups in total. The Morgan fingerprint density at radius 3 is 1.75 bits per heavy atom. The predicted molar refractivity (Wildman–Crippen MR) is 110 cm³/mol. The van der Waals surface area contributed by atoms with Crippen LogP contribution in [-0.2, 0) is 0 Å². The molecule has 154 valence electrons. The van der Waals surface area contributed by atoms with Gasteiger partial charge in [0.1, 0.15) is 18.0 Å². The molecule has 6 heteroatoms. The molecule has 4 fully saturated rings. The first-order valence-corrected chi connectivity index (χ1v) is 11.3. The van der Waals surface area contributed by atoms with Crippen molar-refractivity contribution in [3.63, 3.8) is 0 Å². The smallest absolute Gasteiger partial charge is 0.134 e. The van der Waals surface area contributed by atoms with E-state index >= 15 is 0 Å². The lowest BCUT2D eigenvalue weighted by atomic mass is 9.71. The van der Waals surface area contributed by atoms with Crippen molar-refractivity contribution in [1.82, 2.24) is 9.97 Å². The predicted octanol–water partition coefficient (Wildman–Crippen LogP) is 2.74. The lowest BCUT2D eigenvalue weighted by Gasteiger charge is -2.48. The van der Waals surface area contributed by atoms with E-state index in [0.717, 1.165) is 89.2 Å². The molecule has 0 spiro atoms. The summed E-state index contributed by atoms with van der Waals surface area (Å²) in [6.45, 7) is 3.53. The molecule has 3 heterocycles. The fourth-order valence-corrected chi connectivity index (χ4v) is 6.24. The van der Waals surface area contributed by atoms with Gasteiger partial charge in [-0.1, -0.05) is 25.7 Å². The highest BCUT2D eigenvalue weighted by Gasteiger charge is 2.44. The Balaban J connectivity index is 1.30. The Hall–Kier alpha value is -1.40. The Labute approximate surface area is 168 Å². The summed E-state index contributed by atoms with van der Waals surface area (Å²) < 4.78 is 0. The topological polar surface area (TPSA) is 72.7 Å². The highest BCUT2D eigenvalue weighted by molar-refractivity contribution is 5.51. The van der Waals surface area contributed by atoms with E-state index in [1.165, 1.54) is 12.8 Å². The zero-order valence-electron chi connectivity index (χ0n) is 16.9. The summed E-state index contributed by atoms with van der Waals surface area (Å²) in [6.07, 6.45) is 12.3. The van der Waals surface area contributed by atoms with Crippen molar-refractivity contribution in [2.45, 2.75) is 75.4 Å². The van der Waals surface area contributed by atoms with E-state index in [0.29, 0.717) is 11.8 Å². The number of nitrogens with zero attached hydrogens (tertiary/aromatic N) is 4. The second kappa shape index (κ2) is 7.13. The van der Waals surface area contributed by atoms with Gasteiger partial charge in [-0.3, -0.25) is 0 Å². The fraction of sp³-hybridized carbons (Fsp3) is 0.818. The van der Waals surface area contributed by atoms with Crippen molar-refractivity contribution in [3.8, 4) is 0 Å². The van der Waals surface area contributed by atoms with Crippen LogP contribution in [0.1, 0.15) is 64.2 Å². The van der Waals surface area contributed by atoms with E-state index < -0.39 is 11.2 Å². The third-order valence-corrected chi connectivity index (χ3v) is 8.14. The normalized spacial score (nSPS) is 38.6. The van der Waals surface area contributed by atoms with Crippen LogP contribution >= 0.6 is 0 Å². The average molecular weight is 387 g/mol. The summed E-state index contributed by atoms with van der Waals surface area (Å²) in [4.78, 5) is 13.8. The quantitative estimate of drug-likeness (QED) is 0.814. The minimum atomic E-state index is -0.455. The van der Waals surface area contributed by atoms with Crippen LogP contribution in [0.5, 0.6) is 0 Å². The van der Waals surface area contributed by atoms with E-state index in [9.17, 15) is 10.2 Å². The van der Waals surface area contributed by atoms with Gasteiger partial charge in [0, 0.05) is 44.1 Å². The first-order valence-electron chi connectivity index (χ1n) is 11.3. The van der Waals surface area contributed by atoms with Gasteiger partial charge in [-0.25, -0.2) is 9.97 Å². The molecule has 0 radical (unpaired) electrons. The van der Waals surface area contributed by atoms with Crippen molar-refractivity contribution < 1.29 is 10.2 Å². The summed E-state index contributed by atoms with van der Waals surface area (Å²) in [5.74, 6) is 2.70. The monoisotopic (exact) mass is 386 g/mol. The molecule has 1 aromatic rings. The highest BCUT2D eigenvalue weighted by atomic mass is 16.3. The number of piperidine rings is 2. The lowest BCUT2D eigenvalue weighted by molar-refractivity contribution is -0.0614. The van der Waals surface area contributed by atoms with Crippen LogP contribution in [0.3, 0.4) is 0 Å². The Bertz CT molecular complexity index is 660. The average Bonchev–Trinajstić information content (AvgIpc) is 2.72. The molecule has 2 aliphatic carbocycles. The van der Waals surface area contributed by atoms with Crippen molar-refractivity contribution in [1.29, 1.82) is 0 Å². The number of fused-ring (bicyclic) bond motifs is 2. The van der Waals surface area contributed by atoms with Gasteiger partial charge in [0.2, 0.25) is 0 Å². The third-order valence-electron chi connectivity index (χ3n) is 8.14. The molecular formula is C22H34N4O2. The highest BCUT2D eigenvalue weighted by Crippen LogP contribution is 2.42. The van der Waals surface area contributed by atoms with Gasteiger partial charge in [-0.15, -0.1) is 0 Å². The van der Waals surface area contributed by atoms with E-state index in [2.05, 4.69) is 25.8 Å². The van der Waals surface area contributed by atoms with Crippen LogP contribution in [-0.4, -0.2) is 57.6 Å². The third kappa shape index (κ3) is 3.28. The van der Waals surface area contributed by atoms with Gasteiger partial charge in [0.05, 0.1) is 11.2 Å². The number of rotatable bonds is 2. The lowest BCUT2D eigenvalue weighted by Crippen LogP contribution is -2.54. The summed E-state index contributed by atoms with van der Waals surface area (Å²) in [5, 5.41) is 21.9. The number of aliphatic hydroxyl groups is 2. The molecule has 4 unspecified atom stereocenters. The summed E-state index contributed by atoms with van der Waals surface area (Å²) >= 11 is 0. The number of hydrogen-bond acceptors (Lipinski definition) is 6. The van der Waals surface area contributed by atoms with Crippen molar-refractivity contribution in [2.75, 3.05) is 36.0 Å². The Kier molecular flexibility index (Phi) is 4.74. The second-order valence-corrected chi connectivity index (χ2v) is 9.72. The van der Waals surface area contributed by atoms with Crippen LogP contribution in [0.15, 0.2) is 12.4 Å². The number of hydrogen-bond donors (Lipinski definition) is 2. The Morgan fingerprint density at radius 2 is 1.25 bits per heavy atom. The summed E-state index contributed by atoms with van der Waals surface area (Å²) in [7, 11) is 0. The first kappa shape index (κ1) is 18.6. The maximum atomic E-state index is 11.0. The van der Waals surface area contributed by atoms with Crippen LogP contribution in [0.25, 0.3) is 0 Å². The fourth-order valence-electron chi connectivity index (χ4n) is 6.24. The summed E-state index contributed by atoms with van der Waals surface area (Å²) in [6, 6.07) is 2.13. The van der Waals surface area contributed by atoms with E-state index in [-0.39, 0.29) is 0 Å². The Morgan fingerprint density at radius 1 is 0.750 bits per heavy atom. The van der Waals surface area contributed by atoms with Gasteiger partial charge < -0.3 is 20.0 Å². The van der Waals surface area contributed by atoms with Crippen LogP contribution in [0.4, 0.5) is 11.6 Å². The molecule has 2 aliphatic heterocycles. The first-order chi connectivity index (χ1) is 13.6. The molecule has 4 aliphatic rings. The zero-order chi connectivity index (χ0) is 19.2. The van der Waals surface area contributed by atoms with Gasteiger partial charge in [0.25, 0.3) is 0 Å². The molecular weight excluding hydrogens is 352 g/mol. The zero-order valence-corrected chi connectivity index (χ0v) is 16.9.